The minimum Gasteiger partial charge on any atom is -0.294 e. The third-order valence-corrected chi connectivity index (χ3v) is 6.08. The fourth-order valence-electron chi connectivity index (χ4n) is 3.10. The van der Waals surface area contributed by atoms with Gasteiger partial charge in [-0.25, -0.2) is 18.1 Å². The summed E-state index contributed by atoms with van der Waals surface area (Å²) < 4.78 is 26.5. The van der Waals surface area contributed by atoms with Crippen LogP contribution in [0.25, 0.3) is 11.0 Å². The van der Waals surface area contributed by atoms with E-state index in [1.54, 1.807) is 4.68 Å². The summed E-state index contributed by atoms with van der Waals surface area (Å²) in [5, 5.41) is 4.64. The van der Waals surface area contributed by atoms with E-state index in [0.29, 0.717) is 24.0 Å². The fourth-order valence-corrected chi connectivity index (χ4v) is 4.79. The first-order valence-corrected chi connectivity index (χ1v) is 9.53. The lowest BCUT2D eigenvalue weighted by Crippen LogP contribution is -2.21. The first-order chi connectivity index (χ1) is 11.5. The molecule has 3 aromatic rings. The Morgan fingerprint density at radius 1 is 1.21 bits per heavy atom. The van der Waals surface area contributed by atoms with Gasteiger partial charge in [-0.15, -0.1) is 0 Å². The van der Waals surface area contributed by atoms with E-state index in [2.05, 4.69) is 10.1 Å². The standard InChI is InChI=1S/C16H16N4O3S/c21-16-14-8-18-20(13-6-7-24(22,23)10-13)15(14)17-11-19(16)9-12-4-2-1-3-5-12/h1-5,8,11,13H,6-7,9-10H2/t13-/m0/s1. The molecule has 0 unspecified atom stereocenters. The van der Waals surface area contributed by atoms with Gasteiger partial charge >= 0.3 is 0 Å². The van der Waals surface area contributed by atoms with Gasteiger partial charge in [0.2, 0.25) is 0 Å². The lowest BCUT2D eigenvalue weighted by atomic mass is 10.2. The Morgan fingerprint density at radius 2 is 2.00 bits per heavy atom. The highest BCUT2D eigenvalue weighted by molar-refractivity contribution is 7.91. The molecule has 24 heavy (non-hydrogen) atoms. The van der Waals surface area contributed by atoms with Crippen LogP contribution in [0.2, 0.25) is 0 Å². The van der Waals surface area contributed by atoms with E-state index in [0.717, 1.165) is 5.56 Å². The Morgan fingerprint density at radius 3 is 2.71 bits per heavy atom. The average Bonchev–Trinajstić information content (AvgIpc) is 3.14. The van der Waals surface area contributed by atoms with Crippen molar-refractivity contribution in [2.45, 2.75) is 19.0 Å². The molecule has 1 atom stereocenters. The van der Waals surface area contributed by atoms with Gasteiger partial charge in [0.05, 0.1) is 30.3 Å². The Kier molecular flexibility index (Phi) is 3.49. The third kappa shape index (κ3) is 2.62. The van der Waals surface area contributed by atoms with Crippen molar-refractivity contribution in [1.82, 2.24) is 19.3 Å². The van der Waals surface area contributed by atoms with Crippen LogP contribution in [0.5, 0.6) is 0 Å². The average molecular weight is 344 g/mol. The maximum atomic E-state index is 12.6. The minimum absolute atomic E-state index is 0.0541. The van der Waals surface area contributed by atoms with Gasteiger partial charge < -0.3 is 0 Å². The van der Waals surface area contributed by atoms with Crippen LogP contribution >= 0.6 is 0 Å². The molecule has 1 fully saturated rings. The molecule has 0 radical (unpaired) electrons. The maximum Gasteiger partial charge on any atom is 0.264 e. The van der Waals surface area contributed by atoms with Crippen molar-refractivity contribution < 1.29 is 8.42 Å². The zero-order chi connectivity index (χ0) is 16.7. The van der Waals surface area contributed by atoms with Crippen LogP contribution in [0.1, 0.15) is 18.0 Å². The van der Waals surface area contributed by atoms with Gasteiger partial charge in [0.1, 0.15) is 11.7 Å². The number of sulfone groups is 1. The number of nitrogens with zero attached hydrogens (tertiary/aromatic N) is 4. The van der Waals surface area contributed by atoms with Crippen molar-refractivity contribution in [3.63, 3.8) is 0 Å². The number of hydrogen-bond donors (Lipinski definition) is 0. The molecular weight excluding hydrogens is 328 g/mol. The predicted octanol–water partition coefficient (Wildman–Crippen LogP) is 1.00. The topological polar surface area (TPSA) is 86.8 Å². The first kappa shape index (κ1) is 15.1. The van der Waals surface area contributed by atoms with E-state index < -0.39 is 9.84 Å². The number of rotatable bonds is 3. The molecule has 1 saturated heterocycles. The zero-order valence-electron chi connectivity index (χ0n) is 12.9. The normalized spacial score (nSPS) is 19.8. The van der Waals surface area contributed by atoms with Crippen LogP contribution < -0.4 is 5.56 Å². The highest BCUT2D eigenvalue weighted by Crippen LogP contribution is 2.25. The van der Waals surface area contributed by atoms with E-state index in [-0.39, 0.29) is 23.1 Å². The fraction of sp³-hybridized carbons (Fsp3) is 0.312. The van der Waals surface area contributed by atoms with Gasteiger partial charge in [0.25, 0.3) is 5.56 Å². The summed E-state index contributed by atoms with van der Waals surface area (Å²) >= 11 is 0. The number of hydrogen-bond acceptors (Lipinski definition) is 5. The molecule has 0 bridgehead atoms. The van der Waals surface area contributed by atoms with Crippen molar-refractivity contribution in [2.75, 3.05) is 11.5 Å². The lowest BCUT2D eigenvalue weighted by Gasteiger charge is -2.10. The summed E-state index contributed by atoms with van der Waals surface area (Å²) in [7, 11) is -3.02. The van der Waals surface area contributed by atoms with E-state index >= 15 is 0 Å². The molecule has 1 aromatic carbocycles. The number of benzene rings is 1. The summed E-state index contributed by atoms with van der Waals surface area (Å²) in [6, 6.07) is 9.42. The highest BCUT2D eigenvalue weighted by atomic mass is 32.2. The number of fused-ring (bicyclic) bond motifs is 1. The molecule has 1 aliphatic rings. The lowest BCUT2D eigenvalue weighted by molar-refractivity contribution is 0.511. The second kappa shape index (κ2) is 5.55. The van der Waals surface area contributed by atoms with E-state index in [4.69, 9.17) is 0 Å². The van der Waals surface area contributed by atoms with E-state index in [9.17, 15) is 13.2 Å². The van der Waals surface area contributed by atoms with Gasteiger partial charge in [-0.3, -0.25) is 9.36 Å². The summed E-state index contributed by atoms with van der Waals surface area (Å²) in [5.41, 5.74) is 1.29. The van der Waals surface area contributed by atoms with Gasteiger partial charge in [0.15, 0.2) is 15.5 Å². The van der Waals surface area contributed by atoms with Crippen LogP contribution in [0.3, 0.4) is 0 Å². The largest absolute Gasteiger partial charge is 0.294 e. The zero-order valence-corrected chi connectivity index (χ0v) is 13.7. The van der Waals surface area contributed by atoms with Crippen molar-refractivity contribution in [1.29, 1.82) is 0 Å². The Bertz CT molecular complexity index is 1050. The van der Waals surface area contributed by atoms with E-state index in [1.807, 2.05) is 30.3 Å². The van der Waals surface area contributed by atoms with E-state index in [1.165, 1.54) is 17.1 Å². The molecule has 2 aromatic heterocycles. The quantitative estimate of drug-likeness (QED) is 0.707. The molecule has 4 rings (SSSR count). The first-order valence-electron chi connectivity index (χ1n) is 7.70. The van der Waals surface area contributed by atoms with Crippen LogP contribution in [-0.4, -0.2) is 39.3 Å². The molecule has 1 aliphatic heterocycles. The molecule has 0 amide bonds. The molecular formula is C16H16N4O3S. The summed E-state index contributed by atoms with van der Waals surface area (Å²) in [4.78, 5) is 17.0. The second-order valence-electron chi connectivity index (χ2n) is 6.05. The Balaban J connectivity index is 1.72. The molecule has 0 spiro atoms. The smallest absolute Gasteiger partial charge is 0.264 e. The third-order valence-electron chi connectivity index (χ3n) is 4.33. The van der Waals surface area contributed by atoms with Crippen molar-refractivity contribution in [2.24, 2.45) is 0 Å². The van der Waals surface area contributed by atoms with Crippen molar-refractivity contribution in [3.8, 4) is 0 Å². The Hall–Kier alpha value is -2.48. The van der Waals surface area contributed by atoms with Crippen LogP contribution in [0.15, 0.2) is 47.7 Å². The number of aromatic nitrogens is 4. The molecule has 0 N–H and O–H groups in total. The second-order valence-corrected chi connectivity index (χ2v) is 8.28. The van der Waals surface area contributed by atoms with Crippen molar-refractivity contribution in [3.05, 3.63) is 58.8 Å². The maximum absolute atomic E-state index is 12.6. The Labute approximate surface area is 138 Å². The molecule has 8 heteroatoms. The van der Waals surface area contributed by atoms with Crippen molar-refractivity contribution >= 4 is 20.9 Å². The van der Waals surface area contributed by atoms with Gasteiger partial charge in [0, 0.05) is 0 Å². The summed E-state index contributed by atoms with van der Waals surface area (Å²) in [5.74, 6) is 0.211. The monoisotopic (exact) mass is 344 g/mol. The summed E-state index contributed by atoms with van der Waals surface area (Å²) in [6.07, 6.45) is 3.49. The van der Waals surface area contributed by atoms with Gasteiger partial charge in [-0.1, -0.05) is 30.3 Å². The molecule has 0 aliphatic carbocycles. The van der Waals surface area contributed by atoms with Gasteiger partial charge in [-0.2, -0.15) is 5.10 Å². The predicted molar refractivity (Wildman–Crippen MR) is 89.6 cm³/mol. The van der Waals surface area contributed by atoms with Crippen LogP contribution in [0.4, 0.5) is 0 Å². The molecule has 124 valence electrons. The van der Waals surface area contributed by atoms with Crippen LogP contribution in [0, 0.1) is 0 Å². The SMILES string of the molecule is O=c1c2cnn([C@H]3CCS(=O)(=O)C3)c2ncn1Cc1ccccc1. The molecule has 0 saturated carbocycles. The summed E-state index contributed by atoms with van der Waals surface area (Å²) in [6.45, 7) is 0.436. The molecule has 7 nitrogen and oxygen atoms in total. The highest BCUT2D eigenvalue weighted by Gasteiger charge is 2.31. The van der Waals surface area contributed by atoms with Crippen LogP contribution in [-0.2, 0) is 16.4 Å². The minimum atomic E-state index is -3.02. The molecule has 3 heterocycles. The van der Waals surface area contributed by atoms with Gasteiger partial charge in [-0.05, 0) is 12.0 Å².